The van der Waals surface area contributed by atoms with E-state index in [-0.39, 0.29) is 5.91 Å². The van der Waals surface area contributed by atoms with E-state index >= 15 is 0 Å². The molecule has 1 saturated heterocycles. The molecular formula is C18H18N6OS. The van der Waals surface area contributed by atoms with Crippen molar-refractivity contribution in [2.24, 2.45) is 0 Å². The normalized spacial score (nSPS) is 14.5. The summed E-state index contributed by atoms with van der Waals surface area (Å²) in [5.41, 5.74) is 1.64. The SMILES string of the molecule is O=C(Cc1csc(-c2ccccn2)n1)N1CCN(c2ncccn2)CC1. The van der Waals surface area contributed by atoms with Crippen molar-refractivity contribution in [2.75, 3.05) is 31.1 Å². The molecule has 3 aromatic rings. The Morgan fingerprint density at radius 2 is 1.77 bits per heavy atom. The molecule has 0 aromatic carbocycles. The summed E-state index contributed by atoms with van der Waals surface area (Å²) in [4.78, 5) is 34.0. The van der Waals surface area contributed by atoms with Gasteiger partial charge in [-0.1, -0.05) is 6.07 Å². The Hall–Kier alpha value is -2.87. The van der Waals surface area contributed by atoms with Gasteiger partial charge in [0.05, 0.1) is 17.8 Å². The van der Waals surface area contributed by atoms with Crippen LogP contribution in [0.2, 0.25) is 0 Å². The first-order valence-electron chi connectivity index (χ1n) is 8.45. The highest BCUT2D eigenvalue weighted by atomic mass is 32.1. The van der Waals surface area contributed by atoms with Gasteiger partial charge in [0.2, 0.25) is 11.9 Å². The van der Waals surface area contributed by atoms with E-state index in [1.165, 1.54) is 11.3 Å². The van der Waals surface area contributed by atoms with Crippen LogP contribution in [0.3, 0.4) is 0 Å². The lowest BCUT2D eigenvalue weighted by molar-refractivity contribution is -0.130. The summed E-state index contributed by atoms with van der Waals surface area (Å²) in [5.74, 6) is 0.829. The summed E-state index contributed by atoms with van der Waals surface area (Å²) in [6.45, 7) is 2.83. The zero-order valence-electron chi connectivity index (χ0n) is 14.2. The van der Waals surface area contributed by atoms with E-state index in [4.69, 9.17) is 0 Å². The fourth-order valence-electron chi connectivity index (χ4n) is 2.87. The molecule has 132 valence electrons. The number of hydrogen-bond acceptors (Lipinski definition) is 7. The van der Waals surface area contributed by atoms with Gasteiger partial charge in [-0.3, -0.25) is 9.78 Å². The second-order valence-corrected chi connectivity index (χ2v) is 6.81. The molecule has 0 radical (unpaired) electrons. The molecule has 1 aliphatic heterocycles. The van der Waals surface area contributed by atoms with Crippen molar-refractivity contribution in [3.8, 4) is 10.7 Å². The summed E-state index contributed by atoms with van der Waals surface area (Å²) >= 11 is 1.52. The molecule has 1 fully saturated rings. The van der Waals surface area contributed by atoms with Crippen LogP contribution in [0.1, 0.15) is 5.69 Å². The maximum atomic E-state index is 12.6. The average Bonchev–Trinajstić information content (AvgIpc) is 3.18. The zero-order chi connectivity index (χ0) is 17.8. The zero-order valence-corrected chi connectivity index (χ0v) is 15.0. The number of rotatable bonds is 4. The van der Waals surface area contributed by atoms with Gasteiger partial charge in [-0.25, -0.2) is 15.0 Å². The van der Waals surface area contributed by atoms with Crippen LogP contribution in [0.5, 0.6) is 0 Å². The predicted octanol–water partition coefficient (Wildman–Crippen LogP) is 1.89. The number of carbonyl (C=O) groups excluding carboxylic acids is 1. The Bertz CT molecular complexity index is 862. The first-order valence-corrected chi connectivity index (χ1v) is 9.33. The molecule has 0 bridgehead atoms. The second kappa shape index (κ2) is 7.57. The van der Waals surface area contributed by atoms with E-state index < -0.39 is 0 Å². The molecule has 4 rings (SSSR count). The van der Waals surface area contributed by atoms with Crippen LogP contribution in [-0.4, -0.2) is 56.9 Å². The Labute approximate surface area is 155 Å². The molecule has 0 atom stereocenters. The molecule has 0 saturated carbocycles. The molecule has 1 aliphatic rings. The lowest BCUT2D eigenvalue weighted by Crippen LogP contribution is -2.49. The van der Waals surface area contributed by atoms with E-state index in [0.29, 0.717) is 19.5 Å². The first-order chi connectivity index (χ1) is 12.8. The highest BCUT2D eigenvalue weighted by Gasteiger charge is 2.23. The molecule has 1 amide bonds. The minimum atomic E-state index is 0.108. The predicted molar refractivity (Wildman–Crippen MR) is 99.9 cm³/mol. The first kappa shape index (κ1) is 16.6. The Kier molecular flexibility index (Phi) is 4.83. The Morgan fingerprint density at radius 3 is 2.50 bits per heavy atom. The summed E-state index contributed by atoms with van der Waals surface area (Å²) in [6.07, 6.45) is 5.55. The van der Waals surface area contributed by atoms with E-state index in [1.54, 1.807) is 24.7 Å². The number of anilines is 1. The van der Waals surface area contributed by atoms with Gasteiger partial charge in [0.25, 0.3) is 0 Å². The summed E-state index contributed by atoms with van der Waals surface area (Å²) in [6, 6.07) is 7.54. The molecule has 0 N–H and O–H groups in total. The second-order valence-electron chi connectivity index (χ2n) is 5.95. The Morgan fingerprint density at radius 1 is 1.00 bits per heavy atom. The highest BCUT2D eigenvalue weighted by molar-refractivity contribution is 7.13. The molecule has 7 nitrogen and oxygen atoms in total. The average molecular weight is 366 g/mol. The lowest BCUT2D eigenvalue weighted by atomic mass is 10.2. The third-order valence-electron chi connectivity index (χ3n) is 4.24. The van der Waals surface area contributed by atoms with E-state index in [1.807, 2.05) is 28.5 Å². The summed E-state index contributed by atoms with van der Waals surface area (Å²) < 4.78 is 0. The number of aromatic nitrogens is 4. The standard InChI is InChI=1S/C18H18N6OS/c25-16(12-14-13-26-17(22-14)15-4-1-2-5-19-15)23-8-10-24(11-9-23)18-20-6-3-7-21-18/h1-7,13H,8-12H2. The minimum Gasteiger partial charge on any atom is -0.339 e. The van der Waals surface area contributed by atoms with Gasteiger partial charge in [0.1, 0.15) is 5.01 Å². The molecule has 4 heterocycles. The molecule has 26 heavy (non-hydrogen) atoms. The fourth-order valence-corrected chi connectivity index (χ4v) is 3.67. The van der Waals surface area contributed by atoms with Crippen molar-refractivity contribution in [3.63, 3.8) is 0 Å². The van der Waals surface area contributed by atoms with Crippen LogP contribution in [0.4, 0.5) is 5.95 Å². The molecule has 0 aliphatic carbocycles. The fraction of sp³-hybridized carbons (Fsp3) is 0.278. The maximum absolute atomic E-state index is 12.6. The van der Waals surface area contributed by atoms with Crippen molar-refractivity contribution in [1.29, 1.82) is 0 Å². The molecule has 0 spiro atoms. The van der Waals surface area contributed by atoms with Crippen LogP contribution in [-0.2, 0) is 11.2 Å². The van der Waals surface area contributed by atoms with Crippen molar-refractivity contribution in [2.45, 2.75) is 6.42 Å². The third kappa shape index (κ3) is 3.70. The smallest absolute Gasteiger partial charge is 0.228 e. The monoisotopic (exact) mass is 366 g/mol. The van der Waals surface area contributed by atoms with Crippen molar-refractivity contribution < 1.29 is 4.79 Å². The number of hydrogen-bond donors (Lipinski definition) is 0. The van der Waals surface area contributed by atoms with Gasteiger partial charge in [0, 0.05) is 50.1 Å². The summed E-state index contributed by atoms with van der Waals surface area (Å²) in [7, 11) is 0. The van der Waals surface area contributed by atoms with Gasteiger partial charge in [-0.2, -0.15) is 0 Å². The lowest BCUT2D eigenvalue weighted by Gasteiger charge is -2.34. The van der Waals surface area contributed by atoms with E-state index in [9.17, 15) is 4.79 Å². The number of amides is 1. The number of nitrogens with zero attached hydrogens (tertiary/aromatic N) is 6. The van der Waals surface area contributed by atoms with Gasteiger partial charge in [-0.05, 0) is 18.2 Å². The Balaban J connectivity index is 1.34. The summed E-state index contributed by atoms with van der Waals surface area (Å²) in [5, 5.41) is 2.79. The van der Waals surface area contributed by atoms with E-state index in [0.717, 1.165) is 35.4 Å². The van der Waals surface area contributed by atoms with Gasteiger partial charge in [-0.15, -0.1) is 11.3 Å². The van der Waals surface area contributed by atoms with Crippen molar-refractivity contribution >= 4 is 23.2 Å². The van der Waals surface area contributed by atoms with Crippen LogP contribution < -0.4 is 4.90 Å². The number of pyridine rings is 1. The van der Waals surface area contributed by atoms with Crippen molar-refractivity contribution in [3.05, 3.63) is 53.9 Å². The quantitative estimate of drug-likeness (QED) is 0.702. The van der Waals surface area contributed by atoms with Crippen LogP contribution in [0, 0.1) is 0 Å². The minimum absolute atomic E-state index is 0.108. The topological polar surface area (TPSA) is 75.1 Å². The van der Waals surface area contributed by atoms with Crippen LogP contribution in [0.25, 0.3) is 10.7 Å². The maximum Gasteiger partial charge on any atom is 0.228 e. The van der Waals surface area contributed by atoms with E-state index in [2.05, 4.69) is 24.8 Å². The van der Waals surface area contributed by atoms with Gasteiger partial charge in [0.15, 0.2) is 0 Å². The number of thiazole rings is 1. The molecule has 0 unspecified atom stereocenters. The largest absolute Gasteiger partial charge is 0.339 e. The highest BCUT2D eigenvalue weighted by Crippen LogP contribution is 2.22. The molecule has 8 heteroatoms. The van der Waals surface area contributed by atoms with Crippen molar-refractivity contribution in [1.82, 2.24) is 24.8 Å². The molecular weight excluding hydrogens is 348 g/mol. The number of carbonyl (C=O) groups is 1. The number of piperazine rings is 1. The molecule has 3 aromatic heterocycles. The van der Waals surface area contributed by atoms with Crippen LogP contribution in [0.15, 0.2) is 48.2 Å². The van der Waals surface area contributed by atoms with Crippen LogP contribution >= 0.6 is 11.3 Å². The third-order valence-corrected chi connectivity index (χ3v) is 5.15. The van der Waals surface area contributed by atoms with Gasteiger partial charge >= 0.3 is 0 Å². The van der Waals surface area contributed by atoms with Gasteiger partial charge < -0.3 is 9.80 Å².